The lowest BCUT2D eigenvalue weighted by atomic mass is 10.1. The number of hydrogen-bond acceptors (Lipinski definition) is 7. The molecular weight excluding hydrogens is 502 g/mol. The maximum Gasteiger partial charge on any atom is 0.263 e. The van der Waals surface area contributed by atoms with Crippen LogP contribution in [0.2, 0.25) is 0 Å². The van der Waals surface area contributed by atoms with Gasteiger partial charge < -0.3 is 19.5 Å². The van der Waals surface area contributed by atoms with Gasteiger partial charge in [-0.15, -0.1) is 0 Å². The highest BCUT2D eigenvalue weighted by Gasteiger charge is 2.26. The summed E-state index contributed by atoms with van der Waals surface area (Å²) in [5.41, 5.74) is 0.894. The summed E-state index contributed by atoms with van der Waals surface area (Å²) in [7, 11) is 2.94. The van der Waals surface area contributed by atoms with Crippen LogP contribution in [0.1, 0.15) is 5.56 Å². The van der Waals surface area contributed by atoms with Crippen molar-refractivity contribution in [3.8, 4) is 17.2 Å². The molecule has 9 nitrogen and oxygen atoms in total. The smallest absolute Gasteiger partial charge is 0.263 e. The zero-order valence-corrected chi connectivity index (χ0v) is 19.4. The van der Waals surface area contributed by atoms with Crippen LogP contribution in [0.4, 0.5) is 5.69 Å². The molecule has 0 atom stereocenters. The van der Waals surface area contributed by atoms with E-state index in [-0.39, 0.29) is 23.0 Å². The predicted molar refractivity (Wildman–Crippen MR) is 125 cm³/mol. The summed E-state index contributed by atoms with van der Waals surface area (Å²) >= 11 is 8.16. The minimum atomic E-state index is -0.609. The van der Waals surface area contributed by atoms with Crippen molar-refractivity contribution in [2.75, 3.05) is 26.1 Å². The van der Waals surface area contributed by atoms with Crippen molar-refractivity contribution >= 4 is 62.7 Å². The molecule has 1 aliphatic heterocycles. The van der Waals surface area contributed by atoms with E-state index in [0.717, 1.165) is 0 Å². The molecule has 3 rings (SSSR count). The number of amides is 3. The number of carbonyl (C=O) groups excluding carboxylic acids is 3. The number of thiocarbonyl (C=S) groups is 1. The first-order valence-electron chi connectivity index (χ1n) is 9.14. The third-order valence-electron chi connectivity index (χ3n) is 4.23. The van der Waals surface area contributed by atoms with E-state index >= 15 is 0 Å². The van der Waals surface area contributed by atoms with Gasteiger partial charge in [-0.05, 0) is 64.1 Å². The maximum absolute atomic E-state index is 12.3. The van der Waals surface area contributed by atoms with Gasteiger partial charge in [0.2, 0.25) is 0 Å². The minimum absolute atomic E-state index is 0.0499. The van der Waals surface area contributed by atoms with Crippen molar-refractivity contribution in [1.29, 1.82) is 0 Å². The summed E-state index contributed by atoms with van der Waals surface area (Å²) in [4.78, 5) is 36.4. The third kappa shape index (κ3) is 5.42. The van der Waals surface area contributed by atoms with E-state index in [1.54, 1.807) is 36.4 Å². The van der Waals surface area contributed by atoms with Gasteiger partial charge in [-0.3, -0.25) is 25.0 Å². The van der Waals surface area contributed by atoms with Gasteiger partial charge in [-0.2, -0.15) is 0 Å². The highest BCUT2D eigenvalue weighted by molar-refractivity contribution is 9.10. The van der Waals surface area contributed by atoms with Gasteiger partial charge >= 0.3 is 0 Å². The molecule has 0 radical (unpaired) electrons. The standard InChI is InChI=1S/C21H18BrN3O6S/c1-29-15-6-4-3-5-14(15)23-17(26)10-31-18-13(22)8-11(9-16(18)30-2)7-12-19(27)24-21(32)25-20(12)28/h3-9H,10H2,1-2H3,(H,23,26)(H2,24,25,27,28,32). The number of hydrogen-bond donors (Lipinski definition) is 3. The molecule has 1 fully saturated rings. The Morgan fingerprint density at radius 3 is 2.41 bits per heavy atom. The number of carbonyl (C=O) groups is 3. The van der Waals surface area contributed by atoms with E-state index in [1.165, 1.54) is 20.3 Å². The Balaban J connectivity index is 1.76. The second-order valence-electron chi connectivity index (χ2n) is 6.37. The molecule has 1 saturated heterocycles. The Morgan fingerprint density at radius 1 is 1.09 bits per heavy atom. The van der Waals surface area contributed by atoms with E-state index in [9.17, 15) is 14.4 Å². The Hall–Kier alpha value is -3.44. The second-order valence-corrected chi connectivity index (χ2v) is 7.63. The lowest BCUT2D eigenvalue weighted by molar-refractivity contribution is -0.123. The number of halogens is 1. The summed E-state index contributed by atoms with van der Waals surface area (Å²) < 4.78 is 16.7. The molecule has 2 aromatic carbocycles. The first-order valence-corrected chi connectivity index (χ1v) is 10.3. The number of methoxy groups -OCH3 is 2. The van der Waals surface area contributed by atoms with Crippen molar-refractivity contribution in [2.24, 2.45) is 0 Å². The Kier molecular flexibility index (Phi) is 7.44. The number of anilines is 1. The van der Waals surface area contributed by atoms with Crippen LogP contribution in [-0.4, -0.2) is 43.7 Å². The topological polar surface area (TPSA) is 115 Å². The molecule has 1 aliphatic rings. The highest BCUT2D eigenvalue weighted by atomic mass is 79.9. The molecule has 0 saturated carbocycles. The Labute approximate surface area is 197 Å². The fraction of sp³-hybridized carbons (Fsp3) is 0.143. The summed E-state index contributed by atoms with van der Waals surface area (Å²) in [6.07, 6.45) is 1.39. The fourth-order valence-corrected chi connectivity index (χ4v) is 3.57. The molecule has 3 N–H and O–H groups in total. The van der Waals surface area contributed by atoms with Crippen LogP contribution in [0.25, 0.3) is 6.08 Å². The van der Waals surface area contributed by atoms with E-state index in [4.69, 9.17) is 26.4 Å². The third-order valence-corrected chi connectivity index (χ3v) is 5.03. The van der Waals surface area contributed by atoms with Crippen molar-refractivity contribution in [3.63, 3.8) is 0 Å². The van der Waals surface area contributed by atoms with Crippen LogP contribution >= 0.6 is 28.1 Å². The quantitative estimate of drug-likeness (QED) is 0.292. The van der Waals surface area contributed by atoms with Crippen molar-refractivity contribution < 1.29 is 28.6 Å². The van der Waals surface area contributed by atoms with Crippen LogP contribution in [0.3, 0.4) is 0 Å². The maximum atomic E-state index is 12.3. The van der Waals surface area contributed by atoms with Crippen molar-refractivity contribution in [1.82, 2.24) is 10.6 Å². The molecule has 11 heteroatoms. The Morgan fingerprint density at radius 2 is 1.75 bits per heavy atom. The molecule has 0 bridgehead atoms. The summed E-state index contributed by atoms with van der Waals surface area (Å²) in [5.74, 6) is -0.522. The van der Waals surface area contributed by atoms with Gasteiger partial charge in [0.25, 0.3) is 17.7 Å². The minimum Gasteiger partial charge on any atom is -0.495 e. The molecule has 0 unspecified atom stereocenters. The van der Waals surface area contributed by atoms with Crippen LogP contribution in [0.15, 0.2) is 46.4 Å². The van der Waals surface area contributed by atoms with Gasteiger partial charge in [0, 0.05) is 0 Å². The number of benzene rings is 2. The molecule has 0 spiro atoms. The monoisotopic (exact) mass is 519 g/mol. The number of rotatable bonds is 7. The molecular formula is C21H18BrN3O6S. The van der Waals surface area contributed by atoms with E-state index < -0.39 is 17.7 Å². The largest absolute Gasteiger partial charge is 0.495 e. The van der Waals surface area contributed by atoms with E-state index in [0.29, 0.717) is 27.2 Å². The molecule has 0 aliphatic carbocycles. The lowest BCUT2D eigenvalue weighted by Crippen LogP contribution is -2.51. The summed E-state index contributed by atoms with van der Waals surface area (Å²) in [6.45, 7) is -0.296. The van der Waals surface area contributed by atoms with Gasteiger partial charge in [0.1, 0.15) is 11.3 Å². The number of para-hydroxylation sites is 2. The summed E-state index contributed by atoms with van der Waals surface area (Å²) in [5, 5.41) is 7.40. The van der Waals surface area contributed by atoms with Crippen molar-refractivity contribution in [2.45, 2.75) is 0 Å². The second kappa shape index (κ2) is 10.2. The van der Waals surface area contributed by atoms with E-state index in [1.807, 2.05) is 0 Å². The number of ether oxygens (including phenoxy) is 3. The zero-order chi connectivity index (χ0) is 23.3. The van der Waals surface area contributed by atoms with Gasteiger partial charge in [-0.1, -0.05) is 12.1 Å². The van der Waals surface area contributed by atoms with Crippen LogP contribution in [0.5, 0.6) is 17.2 Å². The highest BCUT2D eigenvalue weighted by Crippen LogP contribution is 2.37. The average Bonchev–Trinajstić information content (AvgIpc) is 2.75. The predicted octanol–water partition coefficient (Wildman–Crippen LogP) is 2.40. The lowest BCUT2D eigenvalue weighted by Gasteiger charge is -2.17. The fourth-order valence-electron chi connectivity index (χ4n) is 2.81. The van der Waals surface area contributed by atoms with Crippen LogP contribution < -0.4 is 30.2 Å². The molecule has 1 heterocycles. The van der Waals surface area contributed by atoms with Gasteiger partial charge in [0.15, 0.2) is 23.2 Å². The van der Waals surface area contributed by atoms with Crippen molar-refractivity contribution in [3.05, 3.63) is 52.0 Å². The van der Waals surface area contributed by atoms with Crippen LogP contribution in [0, 0.1) is 0 Å². The molecule has 0 aromatic heterocycles. The molecule has 32 heavy (non-hydrogen) atoms. The SMILES string of the molecule is COc1ccccc1NC(=O)COc1c(Br)cc(C=C2C(=O)NC(=S)NC2=O)cc1OC. The molecule has 2 aromatic rings. The number of nitrogens with one attached hydrogen (secondary N) is 3. The van der Waals surface area contributed by atoms with E-state index in [2.05, 4.69) is 31.9 Å². The first-order chi connectivity index (χ1) is 15.3. The first kappa shape index (κ1) is 23.2. The normalized spacial score (nSPS) is 13.1. The molecule has 3 amide bonds. The molecule has 166 valence electrons. The van der Waals surface area contributed by atoms with Gasteiger partial charge in [-0.25, -0.2) is 0 Å². The zero-order valence-electron chi connectivity index (χ0n) is 17.0. The van der Waals surface area contributed by atoms with Crippen LogP contribution in [-0.2, 0) is 14.4 Å². The Bertz CT molecular complexity index is 1110. The van der Waals surface area contributed by atoms with Gasteiger partial charge in [0.05, 0.1) is 24.4 Å². The average molecular weight is 520 g/mol. The summed E-state index contributed by atoms with van der Waals surface area (Å²) in [6, 6.07) is 10.2.